The van der Waals surface area contributed by atoms with Crippen molar-refractivity contribution < 1.29 is 0 Å². The Morgan fingerprint density at radius 3 is 2.30 bits per heavy atom. The number of nitrogen functional groups attached to an aromatic ring is 1. The van der Waals surface area contributed by atoms with E-state index in [4.69, 9.17) is 5.73 Å². The Morgan fingerprint density at radius 1 is 1.19 bits per heavy atom. The molecule has 0 atom stereocenters. The summed E-state index contributed by atoms with van der Waals surface area (Å²) in [5.74, 6) is 0.833. The first-order chi connectivity index (χ1) is 12.9. The number of pyridine rings is 1. The quantitative estimate of drug-likeness (QED) is 0.413. The highest BCUT2D eigenvalue weighted by Crippen LogP contribution is 2.29. The van der Waals surface area contributed by atoms with E-state index < -0.39 is 0 Å². The second kappa shape index (κ2) is 13.9. The highest BCUT2D eigenvalue weighted by atomic mass is 32.2. The first-order valence-corrected chi connectivity index (χ1v) is 10.6. The summed E-state index contributed by atoms with van der Waals surface area (Å²) >= 11 is 1.64. The third kappa shape index (κ3) is 8.83. The lowest BCUT2D eigenvalue weighted by Crippen LogP contribution is -1.98. The Morgan fingerprint density at radius 2 is 1.81 bits per heavy atom. The molecule has 0 aliphatic rings. The van der Waals surface area contributed by atoms with Gasteiger partial charge in [-0.2, -0.15) is 0 Å². The molecule has 0 fully saturated rings. The molecular formula is C23H35N3S. The Hall–Kier alpha value is -2.20. The van der Waals surface area contributed by atoms with E-state index in [1.165, 1.54) is 0 Å². The second-order valence-electron chi connectivity index (χ2n) is 6.18. The van der Waals surface area contributed by atoms with Gasteiger partial charge in [0.1, 0.15) is 0 Å². The van der Waals surface area contributed by atoms with Gasteiger partial charge < -0.3 is 11.1 Å². The van der Waals surface area contributed by atoms with E-state index in [-0.39, 0.29) is 0 Å². The maximum absolute atomic E-state index is 6.03. The normalized spacial score (nSPS) is 9.93. The highest BCUT2D eigenvalue weighted by Gasteiger charge is 2.06. The first-order valence-electron chi connectivity index (χ1n) is 9.37. The molecule has 0 aliphatic carbocycles. The standard InChI is InChI=1S/C17H19N3S.C4H10.C2H6/c1-4-6-15-13(5-2)16(9-10-19-15)20-12-7-8-17(21-3)14(18)11-12;1-4(2)3;1-2/h4-11H,2,18H2,1,3H3,(H,19,20);4H,1-3H3;1-2H3/b6-4-;;. The van der Waals surface area contributed by atoms with Crippen LogP contribution in [0.25, 0.3) is 12.2 Å². The average Bonchev–Trinajstić information content (AvgIpc) is 2.64. The number of hydrogen-bond donors (Lipinski definition) is 2. The summed E-state index contributed by atoms with van der Waals surface area (Å²) in [7, 11) is 0. The molecule has 0 amide bonds. The molecule has 148 valence electrons. The van der Waals surface area contributed by atoms with Crippen LogP contribution in [0.15, 0.2) is 48.0 Å². The Bertz CT molecular complexity index is 719. The van der Waals surface area contributed by atoms with Crippen molar-refractivity contribution >= 4 is 41.0 Å². The zero-order chi connectivity index (χ0) is 20.8. The molecule has 2 aromatic rings. The van der Waals surface area contributed by atoms with Crippen molar-refractivity contribution in [2.24, 2.45) is 5.92 Å². The van der Waals surface area contributed by atoms with Gasteiger partial charge in [-0.15, -0.1) is 11.8 Å². The molecule has 3 N–H and O–H groups in total. The van der Waals surface area contributed by atoms with Crippen LogP contribution in [0.2, 0.25) is 0 Å². The van der Waals surface area contributed by atoms with Crippen LogP contribution in [0.3, 0.4) is 0 Å². The molecule has 0 unspecified atom stereocenters. The summed E-state index contributed by atoms with van der Waals surface area (Å²) in [4.78, 5) is 5.44. The maximum atomic E-state index is 6.03. The monoisotopic (exact) mass is 385 g/mol. The van der Waals surface area contributed by atoms with Crippen LogP contribution in [-0.2, 0) is 0 Å². The molecule has 3 nitrogen and oxygen atoms in total. The van der Waals surface area contributed by atoms with Gasteiger partial charge in [0.15, 0.2) is 0 Å². The molecule has 0 bridgehead atoms. The topological polar surface area (TPSA) is 50.9 Å². The highest BCUT2D eigenvalue weighted by molar-refractivity contribution is 7.98. The van der Waals surface area contributed by atoms with E-state index >= 15 is 0 Å². The van der Waals surface area contributed by atoms with Crippen LogP contribution in [-0.4, -0.2) is 11.2 Å². The lowest BCUT2D eigenvalue weighted by Gasteiger charge is -2.13. The van der Waals surface area contributed by atoms with Gasteiger partial charge in [-0.05, 0) is 49.4 Å². The molecule has 0 radical (unpaired) electrons. The molecule has 0 saturated carbocycles. The molecule has 2 rings (SSSR count). The fourth-order valence-corrected chi connectivity index (χ4v) is 2.57. The van der Waals surface area contributed by atoms with E-state index in [1.54, 1.807) is 18.0 Å². The molecule has 4 heteroatoms. The van der Waals surface area contributed by atoms with Gasteiger partial charge in [0.2, 0.25) is 0 Å². The van der Waals surface area contributed by atoms with Gasteiger partial charge in [0.25, 0.3) is 0 Å². The predicted molar refractivity (Wildman–Crippen MR) is 127 cm³/mol. The number of nitrogens with zero attached hydrogens (tertiary/aromatic N) is 1. The molecule has 1 aromatic heterocycles. The number of hydrogen-bond acceptors (Lipinski definition) is 4. The minimum atomic E-state index is 0.774. The zero-order valence-electron chi connectivity index (χ0n) is 17.8. The lowest BCUT2D eigenvalue weighted by atomic mass is 10.1. The van der Waals surface area contributed by atoms with E-state index in [0.717, 1.165) is 39.1 Å². The number of rotatable bonds is 5. The van der Waals surface area contributed by atoms with Crippen LogP contribution < -0.4 is 11.1 Å². The number of aromatic nitrogens is 1. The fraction of sp³-hybridized carbons (Fsp3) is 0.348. The van der Waals surface area contributed by atoms with Crippen molar-refractivity contribution in [1.29, 1.82) is 0 Å². The Labute approximate surface area is 170 Å². The van der Waals surface area contributed by atoms with Gasteiger partial charge in [-0.1, -0.05) is 53.3 Å². The number of nitrogens with one attached hydrogen (secondary N) is 1. The number of anilines is 3. The summed E-state index contributed by atoms with van der Waals surface area (Å²) in [6.45, 7) is 16.3. The number of allylic oxidation sites excluding steroid dienone is 1. The molecule has 0 aliphatic heterocycles. The molecule has 27 heavy (non-hydrogen) atoms. The summed E-state index contributed by atoms with van der Waals surface area (Å²) in [6, 6.07) is 7.91. The average molecular weight is 386 g/mol. The maximum Gasteiger partial charge on any atom is 0.0719 e. The van der Waals surface area contributed by atoms with Crippen LogP contribution in [0.5, 0.6) is 0 Å². The van der Waals surface area contributed by atoms with Crippen molar-refractivity contribution in [3.63, 3.8) is 0 Å². The predicted octanol–water partition coefficient (Wildman–Crippen LogP) is 7.49. The van der Waals surface area contributed by atoms with E-state index in [1.807, 2.05) is 69.5 Å². The fourth-order valence-electron chi connectivity index (χ4n) is 2.07. The smallest absolute Gasteiger partial charge is 0.0719 e. The van der Waals surface area contributed by atoms with Crippen molar-refractivity contribution in [2.45, 2.75) is 46.4 Å². The third-order valence-corrected chi connectivity index (χ3v) is 3.87. The van der Waals surface area contributed by atoms with Crippen LogP contribution in [0.4, 0.5) is 17.1 Å². The van der Waals surface area contributed by atoms with Crippen molar-refractivity contribution in [3.8, 4) is 0 Å². The van der Waals surface area contributed by atoms with E-state index in [0.29, 0.717) is 0 Å². The first kappa shape index (κ1) is 24.8. The minimum absolute atomic E-state index is 0.774. The summed E-state index contributed by atoms with van der Waals surface area (Å²) in [5, 5.41) is 3.38. The number of thioether (sulfide) groups is 1. The molecular weight excluding hydrogens is 350 g/mol. The largest absolute Gasteiger partial charge is 0.398 e. The minimum Gasteiger partial charge on any atom is -0.398 e. The Kier molecular flexibility index (Phi) is 12.8. The van der Waals surface area contributed by atoms with E-state index in [9.17, 15) is 0 Å². The van der Waals surface area contributed by atoms with Gasteiger partial charge >= 0.3 is 0 Å². The second-order valence-corrected chi connectivity index (χ2v) is 7.02. The van der Waals surface area contributed by atoms with Gasteiger partial charge in [-0.3, -0.25) is 4.98 Å². The van der Waals surface area contributed by atoms with Crippen molar-refractivity contribution in [2.75, 3.05) is 17.3 Å². The third-order valence-electron chi connectivity index (χ3n) is 3.06. The van der Waals surface area contributed by atoms with Crippen LogP contribution in [0.1, 0.15) is 52.8 Å². The zero-order valence-corrected chi connectivity index (χ0v) is 18.7. The lowest BCUT2D eigenvalue weighted by molar-refractivity contribution is 0.737. The molecule has 0 saturated heterocycles. The summed E-state index contributed by atoms with van der Waals surface area (Å²) in [5.41, 5.74) is 10.6. The van der Waals surface area contributed by atoms with Crippen molar-refractivity contribution in [3.05, 3.63) is 54.4 Å². The summed E-state index contributed by atoms with van der Waals surface area (Å²) < 4.78 is 0. The molecule has 1 heterocycles. The van der Waals surface area contributed by atoms with E-state index in [2.05, 4.69) is 37.7 Å². The van der Waals surface area contributed by atoms with Gasteiger partial charge in [0, 0.05) is 33.7 Å². The number of benzene rings is 1. The number of nitrogens with two attached hydrogens (primary N) is 1. The van der Waals surface area contributed by atoms with Gasteiger partial charge in [-0.25, -0.2) is 0 Å². The SMILES string of the molecule is C=Cc1c(Nc2ccc(SC)c(N)c2)ccnc1/C=C\C.CC.CC(C)C. The molecule has 0 spiro atoms. The van der Waals surface area contributed by atoms with Crippen LogP contribution >= 0.6 is 11.8 Å². The molecule has 1 aromatic carbocycles. The van der Waals surface area contributed by atoms with Crippen LogP contribution in [0, 0.1) is 5.92 Å². The van der Waals surface area contributed by atoms with Crippen molar-refractivity contribution in [1.82, 2.24) is 4.98 Å². The van der Waals surface area contributed by atoms with Gasteiger partial charge in [0.05, 0.1) is 5.69 Å². The Balaban J connectivity index is 0.000000998. The summed E-state index contributed by atoms with van der Waals surface area (Å²) in [6.07, 6.45) is 9.53.